The molecular formula is C11H16N2O3S. The van der Waals surface area contributed by atoms with Crippen LogP contribution in [0.15, 0.2) is 29.2 Å². The number of sulfonamides is 1. The van der Waals surface area contributed by atoms with E-state index in [4.69, 9.17) is 5.73 Å². The summed E-state index contributed by atoms with van der Waals surface area (Å²) in [5.74, 6) is 0. The molecule has 0 aromatic heterocycles. The van der Waals surface area contributed by atoms with Gasteiger partial charge in [-0.1, -0.05) is 12.1 Å². The Balaban J connectivity index is 2.40. The number of anilines is 1. The molecule has 3 N–H and O–H groups in total. The highest BCUT2D eigenvalue weighted by molar-refractivity contribution is 7.89. The van der Waals surface area contributed by atoms with Crippen molar-refractivity contribution in [3.63, 3.8) is 0 Å². The van der Waals surface area contributed by atoms with Gasteiger partial charge in [0.25, 0.3) is 0 Å². The molecule has 6 heteroatoms. The molecule has 1 aliphatic heterocycles. The van der Waals surface area contributed by atoms with Gasteiger partial charge in [-0.15, -0.1) is 0 Å². The maximum atomic E-state index is 12.4. The highest BCUT2D eigenvalue weighted by Crippen LogP contribution is 2.28. The van der Waals surface area contributed by atoms with Crippen molar-refractivity contribution in [2.45, 2.75) is 23.8 Å². The van der Waals surface area contributed by atoms with E-state index < -0.39 is 10.0 Å². The molecule has 1 aromatic carbocycles. The topological polar surface area (TPSA) is 83.6 Å². The molecule has 0 bridgehead atoms. The van der Waals surface area contributed by atoms with Crippen molar-refractivity contribution in [1.82, 2.24) is 4.31 Å². The van der Waals surface area contributed by atoms with Gasteiger partial charge in [0.15, 0.2) is 0 Å². The van der Waals surface area contributed by atoms with Crippen molar-refractivity contribution in [2.24, 2.45) is 0 Å². The van der Waals surface area contributed by atoms with E-state index in [2.05, 4.69) is 0 Å². The zero-order chi connectivity index (χ0) is 12.5. The molecule has 94 valence electrons. The average molecular weight is 256 g/mol. The molecule has 0 spiro atoms. The fraction of sp³-hybridized carbons (Fsp3) is 0.455. The van der Waals surface area contributed by atoms with Gasteiger partial charge in [0.1, 0.15) is 4.90 Å². The van der Waals surface area contributed by atoms with Crippen LogP contribution in [-0.2, 0) is 10.0 Å². The third kappa shape index (κ3) is 2.15. The standard InChI is InChI=1S/C11H16N2O3S/c12-10-5-1-2-6-11(10)17(15,16)13-7-3-4-9(13)8-14/h1-2,5-6,9,14H,3-4,7-8,12H2/t9-/m1/s1. The number of aliphatic hydroxyl groups is 1. The van der Waals surface area contributed by atoms with Gasteiger partial charge < -0.3 is 10.8 Å². The third-order valence-corrected chi connectivity index (χ3v) is 5.07. The minimum absolute atomic E-state index is 0.125. The van der Waals surface area contributed by atoms with Crippen LogP contribution in [0.5, 0.6) is 0 Å². The Bertz CT molecular complexity index is 501. The predicted octanol–water partition coefficient (Wildman–Crippen LogP) is 0.414. The molecule has 0 amide bonds. The Morgan fingerprint density at radius 2 is 2.12 bits per heavy atom. The van der Waals surface area contributed by atoms with E-state index in [-0.39, 0.29) is 23.2 Å². The van der Waals surface area contributed by atoms with E-state index in [1.54, 1.807) is 18.2 Å². The molecule has 1 fully saturated rings. The molecule has 0 aliphatic carbocycles. The van der Waals surface area contributed by atoms with E-state index in [1.165, 1.54) is 10.4 Å². The Kier molecular flexibility index (Phi) is 3.37. The summed E-state index contributed by atoms with van der Waals surface area (Å²) >= 11 is 0. The first-order valence-corrected chi connectivity index (χ1v) is 6.98. The van der Waals surface area contributed by atoms with Crippen molar-refractivity contribution < 1.29 is 13.5 Å². The SMILES string of the molecule is Nc1ccccc1S(=O)(=O)N1CCC[C@@H]1CO. The lowest BCUT2D eigenvalue weighted by Gasteiger charge is -2.23. The molecule has 0 unspecified atom stereocenters. The van der Waals surface area contributed by atoms with Gasteiger partial charge in [0.05, 0.1) is 12.3 Å². The van der Waals surface area contributed by atoms with Gasteiger partial charge in [0, 0.05) is 12.6 Å². The second-order valence-electron chi connectivity index (χ2n) is 4.13. The van der Waals surface area contributed by atoms with Crippen molar-refractivity contribution >= 4 is 15.7 Å². The summed E-state index contributed by atoms with van der Waals surface area (Å²) in [7, 11) is -3.58. The van der Waals surface area contributed by atoms with Crippen LogP contribution in [0.25, 0.3) is 0 Å². The lowest BCUT2D eigenvalue weighted by atomic mass is 10.2. The van der Waals surface area contributed by atoms with Crippen LogP contribution >= 0.6 is 0 Å². The molecule has 2 rings (SSSR count). The van der Waals surface area contributed by atoms with Gasteiger partial charge in [-0.25, -0.2) is 8.42 Å². The molecule has 1 aliphatic rings. The zero-order valence-corrected chi connectivity index (χ0v) is 10.2. The summed E-state index contributed by atoms with van der Waals surface area (Å²) in [5.41, 5.74) is 5.94. The highest BCUT2D eigenvalue weighted by atomic mass is 32.2. The number of nitrogen functional groups attached to an aromatic ring is 1. The molecule has 1 saturated heterocycles. The van der Waals surface area contributed by atoms with Crippen molar-refractivity contribution in [2.75, 3.05) is 18.9 Å². The molecule has 5 nitrogen and oxygen atoms in total. The fourth-order valence-electron chi connectivity index (χ4n) is 2.15. The van der Waals surface area contributed by atoms with Gasteiger partial charge in [-0.3, -0.25) is 0 Å². The summed E-state index contributed by atoms with van der Waals surface area (Å²) in [6.07, 6.45) is 1.47. The number of aliphatic hydroxyl groups excluding tert-OH is 1. The average Bonchev–Trinajstić information content (AvgIpc) is 2.78. The summed E-state index contributed by atoms with van der Waals surface area (Å²) in [6.45, 7) is 0.299. The zero-order valence-electron chi connectivity index (χ0n) is 9.41. The van der Waals surface area contributed by atoms with E-state index in [0.29, 0.717) is 13.0 Å². The Morgan fingerprint density at radius 1 is 1.41 bits per heavy atom. The molecular weight excluding hydrogens is 240 g/mol. The summed E-state index contributed by atoms with van der Waals surface area (Å²) in [6, 6.07) is 6.09. The summed E-state index contributed by atoms with van der Waals surface area (Å²) in [4.78, 5) is 0.125. The highest BCUT2D eigenvalue weighted by Gasteiger charge is 2.35. The van der Waals surface area contributed by atoms with Crippen LogP contribution in [0.2, 0.25) is 0 Å². The van der Waals surface area contributed by atoms with E-state index >= 15 is 0 Å². The largest absolute Gasteiger partial charge is 0.398 e. The quantitative estimate of drug-likeness (QED) is 0.767. The molecule has 1 aromatic rings. The van der Waals surface area contributed by atoms with Crippen LogP contribution in [0, 0.1) is 0 Å². The molecule has 1 atom stereocenters. The number of hydrogen-bond acceptors (Lipinski definition) is 4. The second-order valence-corrected chi connectivity index (χ2v) is 5.99. The number of benzene rings is 1. The smallest absolute Gasteiger partial charge is 0.245 e. The lowest BCUT2D eigenvalue weighted by molar-refractivity contribution is 0.213. The normalized spacial score (nSPS) is 21.8. The molecule has 0 saturated carbocycles. The van der Waals surface area contributed by atoms with Gasteiger partial charge in [-0.05, 0) is 25.0 Å². The fourth-order valence-corrected chi connectivity index (χ4v) is 3.95. The first-order valence-electron chi connectivity index (χ1n) is 5.54. The summed E-state index contributed by atoms with van der Waals surface area (Å²) in [5, 5.41) is 9.18. The minimum atomic E-state index is -3.58. The molecule has 17 heavy (non-hydrogen) atoms. The predicted molar refractivity (Wildman–Crippen MR) is 64.9 cm³/mol. The van der Waals surface area contributed by atoms with Gasteiger partial charge in [0.2, 0.25) is 10.0 Å². The Hall–Kier alpha value is -1.11. The number of para-hydroxylation sites is 1. The number of nitrogens with zero attached hydrogens (tertiary/aromatic N) is 1. The van der Waals surface area contributed by atoms with Crippen LogP contribution in [0.4, 0.5) is 5.69 Å². The minimum Gasteiger partial charge on any atom is -0.398 e. The maximum Gasteiger partial charge on any atom is 0.245 e. The first kappa shape index (κ1) is 12.3. The third-order valence-electron chi connectivity index (χ3n) is 3.04. The van der Waals surface area contributed by atoms with Crippen molar-refractivity contribution in [3.8, 4) is 0 Å². The van der Waals surface area contributed by atoms with E-state index in [9.17, 15) is 13.5 Å². The van der Waals surface area contributed by atoms with Crippen molar-refractivity contribution in [1.29, 1.82) is 0 Å². The molecule has 1 heterocycles. The summed E-state index contributed by atoms with van der Waals surface area (Å²) < 4.78 is 26.1. The van der Waals surface area contributed by atoms with E-state index in [1.807, 2.05) is 0 Å². The van der Waals surface area contributed by atoms with Crippen LogP contribution in [-0.4, -0.2) is 37.0 Å². The Labute approximate surface area is 101 Å². The lowest BCUT2D eigenvalue weighted by Crippen LogP contribution is -2.37. The molecule has 0 radical (unpaired) electrons. The van der Waals surface area contributed by atoms with Gasteiger partial charge in [-0.2, -0.15) is 4.31 Å². The van der Waals surface area contributed by atoms with Crippen LogP contribution in [0.3, 0.4) is 0 Å². The Morgan fingerprint density at radius 3 is 2.76 bits per heavy atom. The maximum absolute atomic E-state index is 12.4. The van der Waals surface area contributed by atoms with Crippen molar-refractivity contribution in [3.05, 3.63) is 24.3 Å². The van der Waals surface area contributed by atoms with Crippen LogP contribution in [0.1, 0.15) is 12.8 Å². The number of hydrogen-bond donors (Lipinski definition) is 2. The number of nitrogens with two attached hydrogens (primary N) is 1. The first-order chi connectivity index (χ1) is 8.07. The van der Waals surface area contributed by atoms with Gasteiger partial charge >= 0.3 is 0 Å². The number of rotatable bonds is 3. The van der Waals surface area contributed by atoms with E-state index in [0.717, 1.165) is 6.42 Å². The monoisotopic (exact) mass is 256 g/mol. The second kappa shape index (κ2) is 4.64. The van der Waals surface area contributed by atoms with Crippen LogP contribution < -0.4 is 5.73 Å².